The first-order valence-corrected chi connectivity index (χ1v) is 6.39. The highest BCUT2D eigenvalue weighted by Gasteiger charge is 2.32. The Bertz CT molecular complexity index is 397. The summed E-state index contributed by atoms with van der Waals surface area (Å²) < 4.78 is 25.2. The molecule has 1 aromatic rings. The topological polar surface area (TPSA) is 29.3 Å². The molecule has 1 unspecified atom stereocenters. The first-order chi connectivity index (χ1) is 8.61. The minimum absolute atomic E-state index is 0. The van der Waals surface area contributed by atoms with E-state index in [1.165, 1.54) is 18.9 Å². The maximum Gasteiger partial charge on any atom is 0.263 e. The molecule has 19 heavy (non-hydrogen) atoms. The number of rotatable bonds is 6. The fourth-order valence-corrected chi connectivity index (χ4v) is 2.45. The van der Waals surface area contributed by atoms with E-state index < -0.39 is 6.43 Å². The Kier molecular flexibility index (Phi) is 6.17. The predicted molar refractivity (Wildman–Crippen MR) is 75.7 cm³/mol. The Morgan fingerprint density at radius 3 is 2.58 bits per heavy atom. The summed E-state index contributed by atoms with van der Waals surface area (Å²) in [4.78, 5) is 2.18. The van der Waals surface area contributed by atoms with Crippen LogP contribution >= 0.6 is 12.4 Å². The largest absolute Gasteiger partial charge is 0.329 e. The number of hydrogen-bond acceptors (Lipinski definition) is 2. The van der Waals surface area contributed by atoms with Gasteiger partial charge in [0.25, 0.3) is 6.43 Å². The smallest absolute Gasteiger partial charge is 0.263 e. The second-order valence-electron chi connectivity index (χ2n) is 5.10. The molecule has 1 aliphatic carbocycles. The third-order valence-corrected chi connectivity index (χ3v) is 3.61. The molecule has 0 saturated heterocycles. The summed E-state index contributed by atoms with van der Waals surface area (Å²) in [5.41, 5.74) is 6.80. The molecule has 0 aliphatic heterocycles. The van der Waals surface area contributed by atoms with Crippen LogP contribution < -0.4 is 5.73 Å². The van der Waals surface area contributed by atoms with Crippen LogP contribution in [0.5, 0.6) is 0 Å². The van der Waals surface area contributed by atoms with Crippen molar-refractivity contribution < 1.29 is 8.78 Å². The second-order valence-corrected chi connectivity index (χ2v) is 5.10. The minimum Gasteiger partial charge on any atom is -0.329 e. The number of nitrogens with zero attached hydrogens (tertiary/aromatic N) is 1. The van der Waals surface area contributed by atoms with Crippen molar-refractivity contribution >= 4 is 12.4 Å². The maximum absolute atomic E-state index is 12.6. The van der Waals surface area contributed by atoms with Gasteiger partial charge in [0.15, 0.2) is 0 Å². The molecule has 0 aromatic heterocycles. The van der Waals surface area contributed by atoms with E-state index >= 15 is 0 Å². The van der Waals surface area contributed by atoms with Crippen molar-refractivity contribution in [2.24, 2.45) is 11.7 Å². The zero-order chi connectivity index (χ0) is 13.1. The van der Waals surface area contributed by atoms with Gasteiger partial charge in [-0.1, -0.05) is 18.2 Å². The van der Waals surface area contributed by atoms with Gasteiger partial charge in [0.1, 0.15) is 0 Å². The monoisotopic (exact) mass is 290 g/mol. The predicted octanol–water partition coefficient (Wildman–Crippen LogP) is 3.22. The molecule has 1 aliphatic rings. The first-order valence-electron chi connectivity index (χ1n) is 6.39. The lowest BCUT2D eigenvalue weighted by Crippen LogP contribution is -2.39. The summed E-state index contributed by atoms with van der Waals surface area (Å²) in [7, 11) is 2.02. The van der Waals surface area contributed by atoms with Crippen LogP contribution in [-0.2, 0) is 6.54 Å². The summed E-state index contributed by atoms with van der Waals surface area (Å²) in [6.07, 6.45) is 0.0797. The van der Waals surface area contributed by atoms with E-state index in [0.29, 0.717) is 25.0 Å². The molecular formula is C14H21ClF2N2. The van der Waals surface area contributed by atoms with Crippen LogP contribution in [0, 0.1) is 5.92 Å². The number of alkyl halides is 2. The zero-order valence-electron chi connectivity index (χ0n) is 11.1. The molecule has 0 bridgehead atoms. The summed E-state index contributed by atoms with van der Waals surface area (Å²) in [5, 5.41) is 0. The number of likely N-dealkylation sites (N-methyl/N-ethyl adjacent to an activating group) is 1. The molecule has 0 radical (unpaired) electrons. The van der Waals surface area contributed by atoms with E-state index in [1.807, 2.05) is 13.1 Å². The van der Waals surface area contributed by atoms with Crippen LogP contribution in [0.1, 0.15) is 30.4 Å². The van der Waals surface area contributed by atoms with E-state index in [9.17, 15) is 8.78 Å². The fourth-order valence-electron chi connectivity index (χ4n) is 2.45. The van der Waals surface area contributed by atoms with Crippen molar-refractivity contribution in [3.05, 3.63) is 35.4 Å². The fraction of sp³-hybridized carbons (Fsp3) is 0.571. The van der Waals surface area contributed by atoms with E-state index in [-0.39, 0.29) is 18.0 Å². The lowest BCUT2D eigenvalue weighted by molar-refractivity contribution is 0.151. The number of halogens is 3. The molecule has 1 aromatic carbocycles. The average molecular weight is 291 g/mol. The van der Waals surface area contributed by atoms with Crippen molar-refractivity contribution in [3.8, 4) is 0 Å². The molecule has 1 fully saturated rings. The Balaban J connectivity index is 0.00000180. The van der Waals surface area contributed by atoms with E-state index in [4.69, 9.17) is 5.73 Å². The number of nitrogens with two attached hydrogens (primary N) is 1. The third-order valence-electron chi connectivity index (χ3n) is 3.61. The van der Waals surface area contributed by atoms with Crippen LogP contribution in [0.2, 0.25) is 0 Å². The molecule has 5 heteroatoms. The van der Waals surface area contributed by atoms with Crippen LogP contribution in [0.4, 0.5) is 8.78 Å². The van der Waals surface area contributed by atoms with Crippen molar-refractivity contribution in [2.75, 3.05) is 13.6 Å². The molecular weight excluding hydrogens is 270 g/mol. The zero-order valence-corrected chi connectivity index (χ0v) is 11.9. The van der Waals surface area contributed by atoms with Crippen molar-refractivity contribution in [1.82, 2.24) is 4.90 Å². The van der Waals surface area contributed by atoms with Gasteiger partial charge < -0.3 is 5.73 Å². The molecule has 0 amide bonds. The lowest BCUT2D eigenvalue weighted by atomic mass is 10.1. The van der Waals surface area contributed by atoms with Crippen LogP contribution in [0.3, 0.4) is 0 Å². The summed E-state index contributed by atoms with van der Waals surface area (Å²) in [6.45, 7) is 1.31. The Morgan fingerprint density at radius 2 is 2.05 bits per heavy atom. The molecule has 2 rings (SSSR count). The first kappa shape index (κ1) is 16.3. The van der Waals surface area contributed by atoms with Gasteiger partial charge in [0.05, 0.1) is 0 Å². The van der Waals surface area contributed by atoms with Crippen molar-refractivity contribution in [1.29, 1.82) is 0 Å². The molecule has 0 spiro atoms. The summed E-state index contributed by atoms with van der Waals surface area (Å²) >= 11 is 0. The van der Waals surface area contributed by atoms with Gasteiger partial charge in [0.2, 0.25) is 0 Å². The highest BCUT2D eigenvalue weighted by molar-refractivity contribution is 5.85. The Morgan fingerprint density at radius 1 is 1.37 bits per heavy atom. The Hall–Kier alpha value is -0.710. The molecule has 2 N–H and O–H groups in total. The van der Waals surface area contributed by atoms with E-state index in [0.717, 1.165) is 5.56 Å². The van der Waals surface area contributed by atoms with Crippen LogP contribution in [0.25, 0.3) is 0 Å². The molecule has 1 saturated carbocycles. The highest BCUT2D eigenvalue weighted by Crippen LogP contribution is 2.35. The van der Waals surface area contributed by atoms with Gasteiger partial charge >= 0.3 is 0 Å². The number of benzene rings is 1. The van der Waals surface area contributed by atoms with Gasteiger partial charge in [-0.25, -0.2) is 8.78 Å². The summed E-state index contributed by atoms with van der Waals surface area (Å²) in [6, 6.07) is 7.01. The molecule has 2 nitrogen and oxygen atoms in total. The molecule has 108 valence electrons. The second kappa shape index (κ2) is 7.17. The maximum atomic E-state index is 12.6. The van der Waals surface area contributed by atoms with Crippen molar-refractivity contribution in [3.63, 3.8) is 0 Å². The lowest BCUT2D eigenvalue weighted by Gasteiger charge is -2.27. The number of hydrogen-bond donors (Lipinski definition) is 1. The quantitative estimate of drug-likeness (QED) is 0.872. The normalized spacial score (nSPS) is 16.5. The van der Waals surface area contributed by atoms with Crippen LogP contribution in [0.15, 0.2) is 24.3 Å². The van der Waals surface area contributed by atoms with Gasteiger partial charge in [-0.15, -0.1) is 12.4 Å². The van der Waals surface area contributed by atoms with E-state index in [1.54, 1.807) is 12.1 Å². The van der Waals surface area contributed by atoms with Gasteiger partial charge in [0, 0.05) is 24.7 Å². The summed E-state index contributed by atoms with van der Waals surface area (Å²) in [5.74, 6) is 0.693. The van der Waals surface area contributed by atoms with Gasteiger partial charge in [-0.3, -0.25) is 4.90 Å². The van der Waals surface area contributed by atoms with Gasteiger partial charge in [-0.2, -0.15) is 0 Å². The molecule has 1 atom stereocenters. The minimum atomic E-state index is -2.40. The molecule has 0 heterocycles. The van der Waals surface area contributed by atoms with Crippen molar-refractivity contribution in [2.45, 2.75) is 31.9 Å². The third kappa shape index (κ3) is 4.41. The van der Waals surface area contributed by atoms with E-state index in [2.05, 4.69) is 4.90 Å². The van der Waals surface area contributed by atoms with Gasteiger partial charge in [-0.05, 0) is 37.4 Å². The highest BCUT2D eigenvalue weighted by atomic mass is 35.5. The Labute approximate surface area is 119 Å². The SMILES string of the molecule is CN(Cc1cccc(C(F)F)c1)C(CN)C1CC1.Cl. The van der Waals surface area contributed by atoms with Crippen LogP contribution in [-0.4, -0.2) is 24.5 Å². The standard InChI is InChI=1S/C14H20F2N2.ClH/c1-18(13(8-17)11-5-6-11)9-10-3-2-4-12(7-10)14(15)16;/h2-4,7,11,13-14H,5-6,8-9,17H2,1H3;1H. The average Bonchev–Trinajstić information content (AvgIpc) is 3.14.